The summed E-state index contributed by atoms with van der Waals surface area (Å²) in [5, 5.41) is 19.4. The van der Waals surface area contributed by atoms with Crippen LogP contribution in [0.3, 0.4) is 0 Å². The SMILES string of the molecule is N#CCCCOC(=O)c1cc([N+](=O)[O-])ccc1N1CCOCC1. The third kappa shape index (κ3) is 4.40. The molecule has 0 spiro atoms. The topological polar surface area (TPSA) is 106 Å². The quantitative estimate of drug-likeness (QED) is 0.341. The molecule has 8 heteroatoms. The zero-order valence-corrected chi connectivity index (χ0v) is 12.6. The first kappa shape index (κ1) is 16.7. The summed E-state index contributed by atoms with van der Waals surface area (Å²) in [4.78, 5) is 24.6. The summed E-state index contributed by atoms with van der Waals surface area (Å²) in [5.74, 6) is -0.617. The fraction of sp³-hybridized carbons (Fsp3) is 0.467. The van der Waals surface area contributed by atoms with E-state index in [2.05, 4.69) is 0 Å². The smallest absolute Gasteiger partial charge is 0.340 e. The maximum absolute atomic E-state index is 12.3. The summed E-state index contributed by atoms with van der Waals surface area (Å²) in [7, 11) is 0. The largest absolute Gasteiger partial charge is 0.462 e. The normalized spacial score (nSPS) is 14.1. The van der Waals surface area contributed by atoms with Crippen LogP contribution in [0.5, 0.6) is 0 Å². The minimum Gasteiger partial charge on any atom is -0.462 e. The molecule has 1 aliphatic rings. The van der Waals surface area contributed by atoms with Crippen molar-refractivity contribution in [1.82, 2.24) is 0 Å². The Bertz CT molecular complexity index is 620. The van der Waals surface area contributed by atoms with Gasteiger partial charge in [0.2, 0.25) is 0 Å². The second-order valence-electron chi connectivity index (χ2n) is 4.96. The lowest BCUT2D eigenvalue weighted by atomic mass is 10.1. The minimum absolute atomic E-state index is 0.109. The van der Waals surface area contributed by atoms with Crippen molar-refractivity contribution in [3.63, 3.8) is 0 Å². The molecule has 0 saturated carbocycles. The molecule has 1 heterocycles. The van der Waals surface area contributed by atoms with Crippen molar-refractivity contribution in [2.24, 2.45) is 0 Å². The van der Waals surface area contributed by atoms with Gasteiger partial charge in [-0.1, -0.05) is 0 Å². The molecule has 0 unspecified atom stereocenters. The molecule has 1 aromatic rings. The second kappa shape index (κ2) is 8.10. The number of nitro groups is 1. The number of nitrogens with zero attached hydrogens (tertiary/aromatic N) is 3. The van der Waals surface area contributed by atoms with E-state index in [1.165, 1.54) is 12.1 Å². The Balaban J connectivity index is 2.21. The zero-order chi connectivity index (χ0) is 16.7. The molecule has 2 rings (SSSR count). The Morgan fingerprint density at radius 3 is 2.83 bits per heavy atom. The van der Waals surface area contributed by atoms with Crippen LogP contribution >= 0.6 is 0 Å². The maximum atomic E-state index is 12.3. The third-order valence-electron chi connectivity index (χ3n) is 3.43. The molecule has 0 N–H and O–H groups in total. The van der Waals surface area contributed by atoms with Crippen LogP contribution in [0.15, 0.2) is 18.2 Å². The molecule has 1 fully saturated rings. The molecule has 1 aromatic carbocycles. The first-order chi connectivity index (χ1) is 11.1. The van der Waals surface area contributed by atoms with Crippen LogP contribution in [-0.4, -0.2) is 43.8 Å². The van der Waals surface area contributed by atoms with Gasteiger partial charge in [-0.3, -0.25) is 10.1 Å². The van der Waals surface area contributed by atoms with Gasteiger partial charge in [-0.2, -0.15) is 5.26 Å². The summed E-state index contributed by atoms with van der Waals surface area (Å²) < 4.78 is 10.4. The first-order valence-electron chi connectivity index (χ1n) is 7.28. The molecule has 1 aliphatic heterocycles. The van der Waals surface area contributed by atoms with Crippen molar-refractivity contribution in [2.75, 3.05) is 37.8 Å². The molecule has 8 nitrogen and oxygen atoms in total. The molecule has 122 valence electrons. The standard InChI is InChI=1S/C15H17N3O5/c16-5-1-2-8-23-15(19)13-11-12(18(20)21)3-4-14(13)17-6-9-22-10-7-17/h3-4,11H,1-2,6-10H2. The number of morpholine rings is 1. The van der Waals surface area contributed by atoms with Crippen LogP contribution in [0.25, 0.3) is 0 Å². The number of unbranched alkanes of at least 4 members (excludes halogenated alkanes) is 1. The molecular formula is C15H17N3O5. The molecule has 0 atom stereocenters. The van der Waals surface area contributed by atoms with Gasteiger partial charge >= 0.3 is 5.97 Å². The van der Waals surface area contributed by atoms with Crippen molar-refractivity contribution in [3.05, 3.63) is 33.9 Å². The van der Waals surface area contributed by atoms with Crippen LogP contribution in [0.1, 0.15) is 23.2 Å². The number of anilines is 1. The Morgan fingerprint density at radius 1 is 1.43 bits per heavy atom. The van der Waals surface area contributed by atoms with E-state index in [0.717, 1.165) is 0 Å². The monoisotopic (exact) mass is 319 g/mol. The molecule has 0 radical (unpaired) electrons. The summed E-state index contributed by atoms with van der Waals surface area (Å²) in [6, 6.07) is 6.14. The van der Waals surface area contributed by atoms with Crippen molar-refractivity contribution >= 4 is 17.3 Å². The molecule has 23 heavy (non-hydrogen) atoms. The average Bonchev–Trinajstić information content (AvgIpc) is 2.58. The van der Waals surface area contributed by atoms with E-state index in [-0.39, 0.29) is 17.9 Å². The Hall–Kier alpha value is -2.66. The summed E-state index contributed by atoms with van der Waals surface area (Å²) >= 11 is 0. The van der Waals surface area contributed by atoms with Gasteiger partial charge in [0.05, 0.1) is 42.1 Å². The Labute approximate surface area is 133 Å². The number of rotatable bonds is 6. The number of carbonyl (C=O) groups excluding carboxylic acids is 1. The van der Waals surface area contributed by atoms with E-state index in [0.29, 0.717) is 44.8 Å². The number of carbonyl (C=O) groups is 1. The van der Waals surface area contributed by atoms with Crippen LogP contribution in [0.2, 0.25) is 0 Å². The Morgan fingerprint density at radius 2 is 2.17 bits per heavy atom. The number of nitriles is 1. The van der Waals surface area contributed by atoms with Crippen molar-refractivity contribution in [2.45, 2.75) is 12.8 Å². The fourth-order valence-electron chi connectivity index (χ4n) is 2.27. The lowest BCUT2D eigenvalue weighted by Gasteiger charge is -2.30. The number of hydrogen-bond acceptors (Lipinski definition) is 7. The van der Waals surface area contributed by atoms with E-state index in [1.54, 1.807) is 6.07 Å². The highest BCUT2D eigenvalue weighted by atomic mass is 16.6. The second-order valence-corrected chi connectivity index (χ2v) is 4.96. The van der Waals surface area contributed by atoms with E-state index in [1.807, 2.05) is 11.0 Å². The number of nitro benzene ring substituents is 1. The number of non-ortho nitro benzene ring substituents is 1. The number of hydrogen-bond donors (Lipinski definition) is 0. The van der Waals surface area contributed by atoms with Gasteiger partial charge < -0.3 is 14.4 Å². The van der Waals surface area contributed by atoms with Gasteiger partial charge in [-0.05, 0) is 12.5 Å². The van der Waals surface area contributed by atoms with Crippen LogP contribution in [0.4, 0.5) is 11.4 Å². The first-order valence-corrected chi connectivity index (χ1v) is 7.28. The van der Waals surface area contributed by atoms with Gasteiger partial charge in [-0.25, -0.2) is 4.79 Å². The third-order valence-corrected chi connectivity index (χ3v) is 3.43. The van der Waals surface area contributed by atoms with E-state index >= 15 is 0 Å². The van der Waals surface area contributed by atoms with Gasteiger partial charge in [0.25, 0.3) is 5.69 Å². The molecular weight excluding hydrogens is 302 g/mol. The van der Waals surface area contributed by atoms with Crippen molar-refractivity contribution in [3.8, 4) is 6.07 Å². The van der Waals surface area contributed by atoms with E-state index in [9.17, 15) is 14.9 Å². The lowest BCUT2D eigenvalue weighted by Crippen LogP contribution is -2.37. The molecule has 0 aliphatic carbocycles. The summed E-state index contributed by atoms with van der Waals surface area (Å²) in [6.45, 7) is 2.39. The van der Waals surface area contributed by atoms with E-state index in [4.69, 9.17) is 14.7 Å². The number of esters is 1. The summed E-state index contributed by atoms with van der Waals surface area (Å²) in [6.07, 6.45) is 0.725. The fourth-order valence-corrected chi connectivity index (χ4v) is 2.27. The highest BCUT2D eigenvalue weighted by Crippen LogP contribution is 2.27. The van der Waals surface area contributed by atoms with Crippen LogP contribution < -0.4 is 4.90 Å². The minimum atomic E-state index is -0.617. The average molecular weight is 319 g/mol. The van der Waals surface area contributed by atoms with Gasteiger partial charge in [0.15, 0.2) is 0 Å². The highest BCUT2D eigenvalue weighted by molar-refractivity contribution is 5.96. The van der Waals surface area contributed by atoms with Crippen LogP contribution in [0, 0.1) is 21.4 Å². The zero-order valence-electron chi connectivity index (χ0n) is 12.6. The molecule has 0 bridgehead atoms. The van der Waals surface area contributed by atoms with Crippen LogP contribution in [-0.2, 0) is 9.47 Å². The number of benzene rings is 1. The van der Waals surface area contributed by atoms with Crippen molar-refractivity contribution < 1.29 is 19.2 Å². The summed E-state index contributed by atoms with van der Waals surface area (Å²) in [5.41, 5.74) is 0.605. The molecule has 0 amide bonds. The van der Waals surface area contributed by atoms with Gasteiger partial charge in [0.1, 0.15) is 0 Å². The van der Waals surface area contributed by atoms with E-state index < -0.39 is 10.9 Å². The predicted octanol–water partition coefficient (Wildman–Crippen LogP) is 1.89. The molecule has 1 saturated heterocycles. The van der Waals surface area contributed by atoms with Crippen molar-refractivity contribution in [1.29, 1.82) is 5.26 Å². The number of ether oxygens (including phenoxy) is 2. The van der Waals surface area contributed by atoms with Gasteiger partial charge in [0, 0.05) is 31.6 Å². The van der Waals surface area contributed by atoms with Gasteiger partial charge in [-0.15, -0.1) is 0 Å². The lowest BCUT2D eigenvalue weighted by molar-refractivity contribution is -0.384. The highest BCUT2D eigenvalue weighted by Gasteiger charge is 2.22. The predicted molar refractivity (Wildman–Crippen MR) is 81.3 cm³/mol. The Kier molecular flexibility index (Phi) is 5.88. The molecule has 0 aromatic heterocycles. The maximum Gasteiger partial charge on any atom is 0.340 e.